The summed E-state index contributed by atoms with van der Waals surface area (Å²) in [5, 5.41) is 9.09. The number of hydrogen-bond acceptors (Lipinski definition) is 3. The van der Waals surface area contributed by atoms with Crippen molar-refractivity contribution < 1.29 is 14.7 Å². The largest absolute Gasteiger partial charge is 0.481 e. The monoisotopic (exact) mass is 262 g/mol. The number of aromatic nitrogens is 1. The maximum Gasteiger partial charge on any atom is 0.308 e. The third-order valence-electron chi connectivity index (χ3n) is 3.61. The Labute approximate surface area is 112 Å². The average molecular weight is 262 g/mol. The number of carbonyl (C=O) groups excluding carboxylic acids is 1. The molecule has 1 fully saturated rings. The Morgan fingerprint density at radius 2 is 2.11 bits per heavy atom. The summed E-state index contributed by atoms with van der Waals surface area (Å²) in [6.45, 7) is 4.12. The maximum atomic E-state index is 12.4. The lowest BCUT2D eigenvalue weighted by Crippen LogP contribution is -2.47. The highest BCUT2D eigenvalue weighted by Gasteiger charge is 2.32. The number of pyridine rings is 1. The second-order valence-corrected chi connectivity index (χ2v) is 5.17. The predicted molar refractivity (Wildman–Crippen MR) is 69.8 cm³/mol. The molecule has 1 saturated heterocycles. The minimum atomic E-state index is -0.827. The van der Waals surface area contributed by atoms with Crippen LogP contribution in [0.25, 0.3) is 0 Å². The van der Waals surface area contributed by atoms with E-state index in [0.717, 1.165) is 12.0 Å². The van der Waals surface area contributed by atoms with Gasteiger partial charge in [0.25, 0.3) is 5.91 Å². The van der Waals surface area contributed by atoms with Gasteiger partial charge in [-0.1, -0.05) is 0 Å². The topological polar surface area (TPSA) is 70.5 Å². The summed E-state index contributed by atoms with van der Waals surface area (Å²) in [4.78, 5) is 29.2. The van der Waals surface area contributed by atoms with E-state index in [1.165, 1.54) is 6.20 Å². The molecule has 1 aromatic heterocycles. The van der Waals surface area contributed by atoms with Crippen LogP contribution in [0.3, 0.4) is 0 Å². The number of aliphatic carboxylic acids is 1. The Kier molecular flexibility index (Phi) is 3.83. The first kappa shape index (κ1) is 13.5. The minimum Gasteiger partial charge on any atom is -0.481 e. The Bertz CT molecular complexity index is 501. The average Bonchev–Trinajstić information content (AvgIpc) is 2.38. The lowest BCUT2D eigenvalue weighted by atomic mass is 9.93. The molecule has 2 heterocycles. The number of piperidine rings is 1. The van der Waals surface area contributed by atoms with Gasteiger partial charge in [0, 0.05) is 25.0 Å². The van der Waals surface area contributed by atoms with Gasteiger partial charge < -0.3 is 10.0 Å². The minimum absolute atomic E-state index is 0.0728. The van der Waals surface area contributed by atoms with Crippen LogP contribution in [-0.4, -0.2) is 39.5 Å². The molecule has 1 aromatic rings. The van der Waals surface area contributed by atoms with Crippen molar-refractivity contribution in [2.75, 3.05) is 6.54 Å². The van der Waals surface area contributed by atoms with E-state index in [0.29, 0.717) is 12.0 Å². The first-order valence-corrected chi connectivity index (χ1v) is 6.44. The zero-order chi connectivity index (χ0) is 14.0. The number of carboxylic acids is 1. The zero-order valence-corrected chi connectivity index (χ0v) is 11.2. The fourth-order valence-corrected chi connectivity index (χ4v) is 2.43. The third kappa shape index (κ3) is 2.92. The number of carboxylic acid groups (broad SMARTS) is 1. The highest BCUT2D eigenvalue weighted by Crippen LogP contribution is 2.23. The molecular weight excluding hydrogens is 244 g/mol. The van der Waals surface area contributed by atoms with Crippen molar-refractivity contribution in [3.8, 4) is 0 Å². The van der Waals surface area contributed by atoms with Gasteiger partial charge in [0.15, 0.2) is 0 Å². The van der Waals surface area contributed by atoms with Gasteiger partial charge in [0.2, 0.25) is 0 Å². The van der Waals surface area contributed by atoms with Crippen molar-refractivity contribution in [3.05, 3.63) is 29.6 Å². The SMILES string of the molecule is Cc1cncc(C(=O)N2CC(C(=O)O)CCC2C)c1. The Morgan fingerprint density at radius 3 is 2.74 bits per heavy atom. The van der Waals surface area contributed by atoms with E-state index in [4.69, 9.17) is 5.11 Å². The predicted octanol–water partition coefficient (Wildman–Crippen LogP) is 1.72. The molecule has 2 atom stereocenters. The van der Waals surface area contributed by atoms with E-state index in [9.17, 15) is 9.59 Å². The summed E-state index contributed by atoms with van der Waals surface area (Å²) in [6.07, 6.45) is 4.58. The maximum absolute atomic E-state index is 12.4. The molecule has 0 saturated carbocycles. The number of likely N-dealkylation sites (tertiary alicyclic amines) is 1. The third-order valence-corrected chi connectivity index (χ3v) is 3.61. The standard InChI is InChI=1S/C14H18N2O3/c1-9-5-12(7-15-6-9)13(17)16-8-11(14(18)19)4-3-10(16)2/h5-7,10-11H,3-4,8H2,1-2H3,(H,18,19). The van der Waals surface area contributed by atoms with Crippen molar-refractivity contribution in [1.82, 2.24) is 9.88 Å². The molecule has 102 valence electrons. The molecule has 19 heavy (non-hydrogen) atoms. The molecule has 5 heteroatoms. The van der Waals surface area contributed by atoms with Crippen molar-refractivity contribution in [1.29, 1.82) is 0 Å². The Hall–Kier alpha value is -1.91. The second kappa shape index (κ2) is 5.38. The molecule has 0 spiro atoms. The normalized spacial score (nSPS) is 23.2. The van der Waals surface area contributed by atoms with E-state index in [1.807, 2.05) is 13.8 Å². The van der Waals surface area contributed by atoms with Crippen molar-refractivity contribution in [2.45, 2.75) is 32.7 Å². The van der Waals surface area contributed by atoms with Gasteiger partial charge in [-0.15, -0.1) is 0 Å². The number of aryl methyl sites for hydroxylation is 1. The van der Waals surface area contributed by atoms with Crippen LogP contribution in [0, 0.1) is 12.8 Å². The van der Waals surface area contributed by atoms with E-state index in [1.54, 1.807) is 17.2 Å². The molecule has 1 aliphatic rings. The molecule has 0 aromatic carbocycles. The summed E-state index contributed by atoms with van der Waals surface area (Å²) < 4.78 is 0. The van der Waals surface area contributed by atoms with Crippen LogP contribution in [0.4, 0.5) is 0 Å². The van der Waals surface area contributed by atoms with Crippen LogP contribution in [0.2, 0.25) is 0 Å². The highest BCUT2D eigenvalue weighted by molar-refractivity contribution is 5.94. The fourth-order valence-electron chi connectivity index (χ4n) is 2.43. The molecule has 2 rings (SSSR count). The molecule has 1 amide bonds. The van der Waals surface area contributed by atoms with Crippen LogP contribution in [-0.2, 0) is 4.79 Å². The summed E-state index contributed by atoms with van der Waals surface area (Å²) in [7, 11) is 0. The number of rotatable bonds is 2. The molecule has 1 aliphatic heterocycles. The molecule has 0 radical (unpaired) electrons. The first-order chi connectivity index (χ1) is 8.99. The van der Waals surface area contributed by atoms with E-state index in [-0.39, 0.29) is 18.5 Å². The number of nitrogens with zero attached hydrogens (tertiary/aromatic N) is 2. The Morgan fingerprint density at radius 1 is 1.37 bits per heavy atom. The van der Waals surface area contributed by atoms with Crippen LogP contribution in [0.15, 0.2) is 18.5 Å². The number of hydrogen-bond donors (Lipinski definition) is 1. The fraction of sp³-hybridized carbons (Fsp3) is 0.500. The lowest BCUT2D eigenvalue weighted by Gasteiger charge is -2.36. The smallest absolute Gasteiger partial charge is 0.308 e. The van der Waals surface area contributed by atoms with Crippen LogP contribution < -0.4 is 0 Å². The van der Waals surface area contributed by atoms with Crippen LogP contribution >= 0.6 is 0 Å². The van der Waals surface area contributed by atoms with Gasteiger partial charge >= 0.3 is 5.97 Å². The molecule has 5 nitrogen and oxygen atoms in total. The number of amides is 1. The van der Waals surface area contributed by atoms with Crippen molar-refractivity contribution >= 4 is 11.9 Å². The van der Waals surface area contributed by atoms with Crippen molar-refractivity contribution in [2.24, 2.45) is 5.92 Å². The summed E-state index contributed by atoms with van der Waals surface area (Å²) in [6, 6.07) is 1.86. The van der Waals surface area contributed by atoms with Gasteiger partial charge in [0.1, 0.15) is 0 Å². The molecule has 0 aliphatic carbocycles. The van der Waals surface area contributed by atoms with E-state index < -0.39 is 11.9 Å². The zero-order valence-electron chi connectivity index (χ0n) is 11.2. The van der Waals surface area contributed by atoms with Gasteiger partial charge in [-0.2, -0.15) is 0 Å². The van der Waals surface area contributed by atoms with Gasteiger partial charge in [-0.25, -0.2) is 0 Å². The Balaban J connectivity index is 2.19. The second-order valence-electron chi connectivity index (χ2n) is 5.17. The molecule has 1 N–H and O–H groups in total. The highest BCUT2D eigenvalue weighted by atomic mass is 16.4. The first-order valence-electron chi connectivity index (χ1n) is 6.44. The molecule has 0 bridgehead atoms. The molecule has 2 unspecified atom stereocenters. The van der Waals surface area contributed by atoms with E-state index >= 15 is 0 Å². The quantitative estimate of drug-likeness (QED) is 0.881. The summed E-state index contributed by atoms with van der Waals surface area (Å²) >= 11 is 0. The van der Waals surface area contributed by atoms with Gasteiger partial charge in [-0.05, 0) is 38.3 Å². The van der Waals surface area contributed by atoms with Crippen molar-refractivity contribution in [3.63, 3.8) is 0 Å². The van der Waals surface area contributed by atoms with E-state index in [2.05, 4.69) is 4.98 Å². The molecular formula is C14H18N2O3. The van der Waals surface area contributed by atoms with Crippen LogP contribution in [0.1, 0.15) is 35.7 Å². The van der Waals surface area contributed by atoms with Gasteiger partial charge in [0.05, 0.1) is 11.5 Å². The summed E-state index contributed by atoms with van der Waals surface area (Å²) in [5.41, 5.74) is 1.45. The summed E-state index contributed by atoms with van der Waals surface area (Å²) in [5.74, 6) is -1.42. The van der Waals surface area contributed by atoms with Crippen LogP contribution in [0.5, 0.6) is 0 Å². The lowest BCUT2D eigenvalue weighted by molar-refractivity contribution is -0.143. The van der Waals surface area contributed by atoms with Gasteiger partial charge in [-0.3, -0.25) is 14.6 Å². The number of carbonyl (C=O) groups is 2.